The molecule has 0 aliphatic heterocycles. The number of hydrogen-bond donors (Lipinski definition) is 1. The minimum absolute atomic E-state index is 0.0333. The molecule has 4 nitrogen and oxygen atoms in total. The predicted molar refractivity (Wildman–Crippen MR) is 55.0 cm³/mol. The van der Waals surface area contributed by atoms with Gasteiger partial charge in [-0.25, -0.2) is 4.79 Å². The summed E-state index contributed by atoms with van der Waals surface area (Å²) in [7, 11) is 0. The molecule has 1 N–H and O–H groups in total. The van der Waals surface area contributed by atoms with Crippen LogP contribution in [0.1, 0.15) is 17.3 Å². The summed E-state index contributed by atoms with van der Waals surface area (Å²) in [6.07, 6.45) is 3.32. The molecule has 0 atom stereocenters. The Kier molecular flexibility index (Phi) is 2.33. The van der Waals surface area contributed by atoms with Crippen molar-refractivity contribution in [2.75, 3.05) is 6.61 Å². The van der Waals surface area contributed by atoms with Gasteiger partial charge in [0, 0.05) is 12.4 Å². The maximum absolute atomic E-state index is 11.4. The average Bonchev–Trinajstić information content (AvgIpc) is 2.57. The third-order valence-electron chi connectivity index (χ3n) is 2.15. The minimum atomic E-state index is -0.501. The SMILES string of the molecule is CCOC(=O)c1cn2ccccc2c1O. The number of fused-ring (bicyclic) bond motifs is 1. The lowest BCUT2D eigenvalue weighted by Crippen LogP contribution is -2.03. The van der Waals surface area contributed by atoms with Crippen molar-refractivity contribution in [1.29, 1.82) is 0 Å². The van der Waals surface area contributed by atoms with Crippen LogP contribution >= 0.6 is 0 Å². The normalized spacial score (nSPS) is 10.5. The first-order valence-corrected chi connectivity index (χ1v) is 4.69. The molecule has 2 rings (SSSR count). The molecule has 0 fully saturated rings. The smallest absolute Gasteiger partial charge is 0.343 e. The molecule has 0 aromatic carbocycles. The third kappa shape index (κ3) is 1.54. The summed E-state index contributed by atoms with van der Waals surface area (Å²) in [6, 6.07) is 5.35. The number of esters is 1. The molecule has 0 bridgehead atoms. The van der Waals surface area contributed by atoms with Crippen LogP contribution in [0.15, 0.2) is 30.6 Å². The van der Waals surface area contributed by atoms with Crippen molar-refractivity contribution in [2.45, 2.75) is 6.92 Å². The van der Waals surface area contributed by atoms with E-state index in [2.05, 4.69) is 0 Å². The summed E-state index contributed by atoms with van der Waals surface area (Å²) < 4.78 is 6.51. The third-order valence-corrected chi connectivity index (χ3v) is 2.15. The molecule has 0 radical (unpaired) electrons. The van der Waals surface area contributed by atoms with E-state index < -0.39 is 5.97 Å². The predicted octanol–water partition coefficient (Wildman–Crippen LogP) is 1.82. The Balaban J connectivity index is 2.53. The summed E-state index contributed by atoms with van der Waals surface area (Å²) >= 11 is 0. The highest BCUT2D eigenvalue weighted by Gasteiger charge is 2.16. The summed E-state index contributed by atoms with van der Waals surface area (Å²) in [5.74, 6) is -0.534. The van der Waals surface area contributed by atoms with Crippen LogP contribution in [-0.2, 0) is 4.74 Å². The molecular formula is C11H11NO3. The van der Waals surface area contributed by atoms with E-state index in [1.165, 1.54) is 0 Å². The lowest BCUT2D eigenvalue weighted by molar-refractivity contribution is 0.0523. The van der Waals surface area contributed by atoms with Crippen LogP contribution in [-0.4, -0.2) is 22.1 Å². The van der Waals surface area contributed by atoms with Gasteiger partial charge in [-0.2, -0.15) is 0 Å². The summed E-state index contributed by atoms with van der Waals surface area (Å²) in [6.45, 7) is 2.02. The van der Waals surface area contributed by atoms with Crippen LogP contribution in [0.3, 0.4) is 0 Å². The topological polar surface area (TPSA) is 50.9 Å². The van der Waals surface area contributed by atoms with Gasteiger partial charge in [0.1, 0.15) is 5.56 Å². The molecule has 0 saturated heterocycles. The largest absolute Gasteiger partial charge is 0.505 e. The van der Waals surface area contributed by atoms with Crippen LogP contribution < -0.4 is 0 Å². The van der Waals surface area contributed by atoms with Crippen molar-refractivity contribution in [3.8, 4) is 5.75 Å². The van der Waals surface area contributed by atoms with Crippen LogP contribution in [0.2, 0.25) is 0 Å². The van der Waals surface area contributed by atoms with Gasteiger partial charge in [0.05, 0.1) is 12.1 Å². The number of carbonyl (C=O) groups excluding carboxylic acids is 1. The van der Waals surface area contributed by atoms with E-state index in [-0.39, 0.29) is 11.3 Å². The lowest BCUT2D eigenvalue weighted by atomic mass is 10.3. The van der Waals surface area contributed by atoms with Gasteiger partial charge in [-0.15, -0.1) is 0 Å². The molecule has 2 heterocycles. The van der Waals surface area contributed by atoms with Gasteiger partial charge >= 0.3 is 5.97 Å². The van der Waals surface area contributed by atoms with Gasteiger partial charge in [-0.1, -0.05) is 6.07 Å². The van der Waals surface area contributed by atoms with Crippen LogP contribution in [0.4, 0.5) is 0 Å². The zero-order chi connectivity index (χ0) is 10.8. The quantitative estimate of drug-likeness (QED) is 0.761. The Morgan fingerprint density at radius 3 is 3.00 bits per heavy atom. The number of hydrogen-bond acceptors (Lipinski definition) is 3. The van der Waals surface area contributed by atoms with Crippen LogP contribution in [0.5, 0.6) is 5.75 Å². The highest BCUT2D eigenvalue weighted by molar-refractivity contribution is 5.95. The fraction of sp³-hybridized carbons (Fsp3) is 0.182. The van der Waals surface area contributed by atoms with Crippen LogP contribution in [0.25, 0.3) is 5.52 Å². The lowest BCUT2D eigenvalue weighted by Gasteiger charge is -1.98. The number of rotatable bonds is 2. The molecule has 2 aromatic rings. The zero-order valence-corrected chi connectivity index (χ0v) is 8.30. The fourth-order valence-electron chi connectivity index (χ4n) is 1.47. The van der Waals surface area contributed by atoms with Gasteiger partial charge in [0.2, 0.25) is 0 Å². The molecule has 2 aromatic heterocycles. The first-order chi connectivity index (χ1) is 7.24. The summed E-state index contributed by atoms with van der Waals surface area (Å²) in [5.41, 5.74) is 0.795. The van der Waals surface area contributed by atoms with E-state index in [0.29, 0.717) is 12.1 Å². The molecule has 0 amide bonds. The van der Waals surface area contributed by atoms with Crippen molar-refractivity contribution in [1.82, 2.24) is 4.40 Å². The molecule has 0 saturated carbocycles. The molecule has 4 heteroatoms. The molecule has 0 unspecified atom stereocenters. The number of aromatic hydroxyl groups is 1. The second-order valence-electron chi connectivity index (χ2n) is 3.11. The molecule has 15 heavy (non-hydrogen) atoms. The number of pyridine rings is 1. The van der Waals surface area contributed by atoms with E-state index >= 15 is 0 Å². The maximum atomic E-state index is 11.4. The number of carbonyl (C=O) groups is 1. The Hall–Kier alpha value is -1.97. The minimum Gasteiger partial charge on any atom is -0.505 e. The second kappa shape index (κ2) is 3.65. The highest BCUT2D eigenvalue weighted by Crippen LogP contribution is 2.25. The van der Waals surface area contributed by atoms with E-state index in [1.54, 1.807) is 35.9 Å². The fourth-order valence-corrected chi connectivity index (χ4v) is 1.47. The Morgan fingerprint density at radius 2 is 2.33 bits per heavy atom. The summed E-state index contributed by atoms with van der Waals surface area (Å²) in [4.78, 5) is 11.4. The van der Waals surface area contributed by atoms with Crippen molar-refractivity contribution in [2.24, 2.45) is 0 Å². The number of aromatic nitrogens is 1. The monoisotopic (exact) mass is 205 g/mol. The van der Waals surface area contributed by atoms with Crippen molar-refractivity contribution >= 4 is 11.5 Å². The van der Waals surface area contributed by atoms with E-state index in [0.717, 1.165) is 0 Å². The van der Waals surface area contributed by atoms with E-state index in [1.807, 2.05) is 6.07 Å². The van der Waals surface area contributed by atoms with Gasteiger partial charge in [-0.3, -0.25) is 0 Å². The molecule has 0 aliphatic rings. The Labute approximate surface area is 86.7 Å². The zero-order valence-electron chi connectivity index (χ0n) is 8.30. The Morgan fingerprint density at radius 1 is 1.53 bits per heavy atom. The highest BCUT2D eigenvalue weighted by atomic mass is 16.5. The maximum Gasteiger partial charge on any atom is 0.343 e. The number of nitrogens with zero attached hydrogens (tertiary/aromatic N) is 1. The first kappa shape index (κ1) is 9.58. The molecule has 78 valence electrons. The van der Waals surface area contributed by atoms with Crippen molar-refractivity contribution < 1.29 is 14.6 Å². The van der Waals surface area contributed by atoms with Gasteiger partial charge in [0.25, 0.3) is 0 Å². The van der Waals surface area contributed by atoms with Gasteiger partial charge in [0.15, 0.2) is 5.75 Å². The van der Waals surface area contributed by atoms with Gasteiger partial charge in [-0.05, 0) is 19.1 Å². The van der Waals surface area contributed by atoms with E-state index in [4.69, 9.17) is 4.74 Å². The second-order valence-corrected chi connectivity index (χ2v) is 3.11. The number of ether oxygens (including phenoxy) is 1. The summed E-state index contributed by atoms with van der Waals surface area (Å²) in [5, 5.41) is 9.76. The van der Waals surface area contributed by atoms with E-state index in [9.17, 15) is 9.90 Å². The average molecular weight is 205 g/mol. The van der Waals surface area contributed by atoms with Crippen molar-refractivity contribution in [3.05, 3.63) is 36.2 Å². The standard InChI is InChI=1S/C11H11NO3/c1-2-15-11(14)8-7-12-6-4-3-5-9(12)10(8)13/h3-7,13H,2H2,1H3. The Bertz CT molecular complexity index is 502. The molecule has 0 spiro atoms. The first-order valence-electron chi connectivity index (χ1n) is 4.69. The van der Waals surface area contributed by atoms with Crippen molar-refractivity contribution in [3.63, 3.8) is 0 Å². The van der Waals surface area contributed by atoms with Crippen LogP contribution in [0, 0.1) is 0 Å². The molecule has 0 aliphatic carbocycles. The molecular weight excluding hydrogens is 194 g/mol. The van der Waals surface area contributed by atoms with Gasteiger partial charge < -0.3 is 14.2 Å².